The second kappa shape index (κ2) is 3.96. The third-order valence-corrected chi connectivity index (χ3v) is 2.25. The SMILES string of the molecule is N[C@H](c1ccc(Cl)c(F)c1)c1nnco1. The van der Waals surface area contributed by atoms with E-state index in [1.807, 2.05) is 0 Å². The molecule has 4 nitrogen and oxygen atoms in total. The Morgan fingerprint density at radius 1 is 1.47 bits per heavy atom. The van der Waals surface area contributed by atoms with E-state index in [0.717, 1.165) is 0 Å². The molecule has 0 aliphatic heterocycles. The number of rotatable bonds is 2. The Labute approximate surface area is 89.9 Å². The van der Waals surface area contributed by atoms with Crippen molar-refractivity contribution < 1.29 is 8.81 Å². The van der Waals surface area contributed by atoms with Crippen LogP contribution in [0.3, 0.4) is 0 Å². The molecule has 0 amide bonds. The van der Waals surface area contributed by atoms with Gasteiger partial charge in [-0.25, -0.2) is 4.39 Å². The maximum atomic E-state index is 13.1. The Morgan fingerprint density at radius 3 is 2.87 bits per heavy atom. The first-order chi connectivity index (χ1) is 7.18. The van der Waals surface area contributed by atoms with Crippen LogP contribution in [0.2, 0.25) is 5.02 Å². The summed E-state index contributed by atoms with van der Waals surface area (Å²) >= 11 is 5.54. The van der Waals surface area contributed by atoms with E-state index < -0.39 is 11.9 Å². The normalized spacial score (nSPS) is 12.7. The fourth-order valence-electron chi connectivity index (χ4n) is 1.17. The highest BCUT2D eigenvalue weighted by molar-refractivity contribution is 6.30. The molecule has 0 saturated carbocycles. The van der Waals surface area contributed by atoms with Crippen LogP contribution in [-0.2, 0) is 0 Å². The summed E-state index contributed by atoms with van der Waals surface area (Å²) in [5.74, 6) is -0.291. The van der Waals surface area contributed by atoms with Crippen molar-refractivity contribution in [3.05, 3.63) is 46.9 Å². The average molecular weight is 228 g/mol. The van der Waals surface area contributed by atoms with Gasteiger partial charge < -0.3 is 10.2 Å². The van der Waals surface area contributed by atoms with Crippen molar-refractivity contribution in [1.29, 1.82) is 0 Å². The molecule has 0 fully saturated rings. The van der Waals surface area contributed by atoms with Crippen LogP contribution in [0.5, 0.6) is 0 Å². The smallest absolute Gasteiger partial charge is 0.237 e. The summed E-state index contributed by atoms with van der Waals surface area (Å²) in [6.45, 7) is 0. The van der Waals surface area contributed by atoms with E-state index in [2.05, 4.69) is 10.2 Å². The molecule has 0 aliphatic rings. The summed E-state index contributed by atoms with van der Waals surface area (Å²) in [6, 6.07) is 3.65. The van der Waals surface area contributed by atoms with Crippen molar-refractivity contribution in [2.45, 2.75) is 6.04 Å². The molecule has 2 aromatic rings. The second-order valence-corrected chi connectivity index (χ2v) is 3.34. The Bertz CT molecular complexity index is 460. The lowest BCUT2D eigenvalue weighted by Gasteiger charge is -2.07. The summed E-state index contributed by atoms with van der Waals surface area (Å²) < 4.78 is 18.0. The number of nitrogens with zero attached hydrogens (tertiary/aromatic N) is 2. The highest BCUT2D eigenvalue weighted by Gasteiger charge is 2.15. The molecule has 78 valence electrons. The molecule has 0 unspecified atom stereocenters. The second-order valence-electron chi connectivity index (χ2n) is 2.93. The lowest BCUT2D eigenvalue weighted by molar-refractivity contribution is 0.472. The average Bonchev–Trinajstić information content (AvgIpc) is 2.74. The fraction of sp³-hybridized carbons (Fsp3) is 0.111. The van der Waals surface area contributed by atoms with E-state index in [-0.39, 0.29) is 10.9 Å². The predicted molar refractivity (Wildman–Crippen MR) is 51.7 cm³/mol. The number of aromatic nitrogens is 2. The van der Waals surface area contributed by atoms with Crippen LogP contribution in [0.15, 0.2) is 29.0 Å². The third kappa shape index (κ3) is 1.98. The van der Waals surface area contributed by atoms with Gasteiger partial charge in [-0.15, -0.1) is 10.2 Å². The molecule has 0 aliphatic carbocycles. The molecule has 1 heterocycles. The first-order valence-corrected chi connectivity index (χ1v) is 4.53. The largest absolute Gasteiger partial charge is 0.426 e. The first kappa shape index (κ1) is 10.1. The van der Waals surface area contributed by atoms with Gasteiger partial charge in [0.25, 0.3) is 0 Å². The van der Waals surface area contributed by atoms with E-state index in [0.29, 0.717) is 5.56 Å². The maximum absolute atomic E-state index is 13.1. The van der Waals surface area contributed by atoms with Gasteiger partial charge in [-0.1, -0.05) is 17.7 Å². The molecule has 0 radical (unpaired) electrons. The molecular weight excluding hydrogens is 221 g/mol. The standard InChI is InChI=1S/C9H7ClFN3O/c10-6-2-1-5(3-7(6)11)8(12)9-14-13-4-15-9/h1-4,8H,12H2/t8-/m1/s1. The van der Waals surface area contributed by atoms with Gasteiger partial charge in [0, 0.05) is 0 Å². The Hall–Kier alpha value is -1.46. The predicted octanol–water partition coefficient (Wildman–Crippen LogP) is 1.91. The number of hydrogen-bond acceptors (Lipinski definition) is 4. The third-order valence-electron chi connectivity index (χ3n) is 1.95. The highest BCUT2D eigenvalue weighted by atomic mass is 35.5. The molecule has 1 aromatic carbocycles. The molecule has 15 heavy (non-hydrogen) atoms. The van der Waals surface area contributed by atoms with Crippen molar-refractivity contribution in [2.75, 3.05) is 0 Å². The van der Waals surface area contributed by atoms with Gasteiger partial charge in [-0.3, -0.25) is 0 Å². The zero-order valence-corrected chi connectivity index (χ0v) is 8.28. The van der Waals surface area contributed by atoms with Crippen LogP contribution in [0.25, 0.3) is 0 Å². The van der Waals surface area contributed by atoms with Crippen LogP contribution in [0, 0.1) is 5.82 Å². The van der Waals surface area contributed by atoms with Gasteiger partial charge in [-0.05, 0) is 17.7 Å². The Kier molecular flexibility index (Phi) is 2.66. The number of nitrogens with two attached hydrogens (primary N) is 1. The van der Waals surface area contributed by atoms with Gasteiger partial charge in [0.15, 0.2) is 0 Å². The van der Waals surface area contributed by atoms with Crippen LogP contribution in [-0.4, -0.2) is 10.2 Å². The van der Waals surface area contributed by atoms with Crippen molar-refractivity contribution in [3.63, 3.8) is 0 Å². The molecule has 0 bridgehead atoms. The molecule has 2 rings (SSSR count). The maximum Gasteiger partial charge on any atom is 0.237 e. The van der Waals surface area contributed by atoms with Crippen LogP contribution >= 0.6 is 11.6 Å². The minimum Gasteiger partial charge on any atom is -0.426 e. The van der Waals surface area contributed by atoms with Crippen molar-refractivity contribution in [2.24, 2.45) is 5.73 Å². The van der Waals surface area contributed by atoms with Gasteiger partial charge in [-0.2, -0.15) is 0 Å². The van der Waals surface area contributed by atoms with Crippen LogP contribution < -0.4 is 5.73 Å². The monoisotopic (exact) mass is 227 g/mol. The molecular formula is C9H7ClFN3O. The first-order valence-electron chi connectivity index (χ1n) is 4.15. The van der Waals surface area contributed by atoms with Crippen molar-refractivity contribution >= 4 is 11.6 Å². The highest BCUT2D eigenvalue weighted by Crippen LogP contribution is 2.22. The number of hydrogen-bond donors (Lipinski definition) is 1. The lowest BCUT2D eigenvalue weighted by atomic mass is 10.1. The van der Waals surface area contributed by atoms with E-state index in [4.69, 9.17) is 21.8 Å². The van der Waals surface area contributed by atoms with Gasteiger partial charge >= 0.3 is 0 Å². The fourth-order valence-corrected chi connectivity index (χ4v) is 1.28. The molecule has 0 spiro atoms. The van der Waals surface area contributed by atoms with Gasteiger partial charge in [0.1, 0.15) is 11.9 Å². The molecule has 2 N–H and O–H groups in total. The summed E-state index contributed by atoms with van der Waals surface area (Å²) in [4.78, 5) is 0. The van der Waals surface area contributed by atoms with E-state index >= 15 is 0 Å². The minimum atomic E-state index is -0.640. The van der Waals surface area contributed by atoms with Gasteiger partial charge in [0.2, 0.25) is 12.3 Å². The number of benzene rings is 1. The van der Waals surface area contributed by atoms with E-state index in [1.54, 1.807) is 6.07 Å². The quantitative estimate of drug-likeness (QED) is 0.851. The molecule has 1 aromatic heterocycles. The van der Waals surface area contributed by atoms with Crippen LogP contribution in [0.4, 0.5) is 4.39 Å². The van der Waals surface area contributed by atoms with E-state index in [9.17, 15) is 4.39 Å². The number of halogens is 2. The van der Waals surface area contributed by atoms with Crippen molar-refractivity contribution in [1.82, 2.24) is 10.2 Å². The molecule has 0 saturated heterocycles. The Balaban J connectivity index is 2.34. The summed E-state index contributed by atoms with van der Waals surface area (Å²) in [5.41, 5.74) is 6.30. The van der Waals surface area contributed by atoms with E-state index in [1.165, 1.54) is 18.5 Å². The summed E-state index contributed by atoms with van der Waals surface area (Å²) in [7, 11) is 0. The molecule has 6 heteroatoms. The summed E-state index contributed by atoms with van der Waals surface area (Å²) in [5, 5.41) is 7.19. The zero-order valence-electron chi connectivity index (χ0n) is 7.52. The Morgan fingerprint density at radius 2 is 2.27 bits per heavy atom. The topological polar surface area (TPSA) is 64.9 Å². The lowest BCUT2D eigenvalue weighted by Crippen LogP contribution is -2.12. The molecule has 1 atom stereocenters. The van der Waals surface area contributed by atoms with Crippen molar-refractivity contribution in [3.8, 4) is 0 Å². The zero-order chi connectivity index (χ0) is 10.8. The van der Waals surface area contributed by atoms with Crippen LogP contribution in [0.1, 0.15) is 17.5 Å². The summed E-state index contributed by atoms with van der Waals surface area (Å²) in [6.07, 6.45) is 1.17. The van der Waals surface area contributed by atoms with Gasteiger partial charge in [0.05, 0.1) is 5.02 Å². The minimum absolute atomic E-state index is 0.0523.